The number of ether oxygens (including phenoxy) is 2. The van der Waals surface area contributed by atoms with Gasteiger partial charge in [-0.2, -0.15) is 23.1 Å². The molecule has 0 radical (unpaired) electrons. The molecule has 1 aromatic carbocycles. The van der Waals surface area contributed by atoms with Crippen LogP contribution in [-0.4, -0.2) is 57.2 Å². The summed E-state index contributed by atoms with van der Waals surface area (Å²) in [5.74, 6) is 1.08. The summed E-state index contributed by atoms with van der Waals surface area (Å²) in [6, 6.07) is 8.64. The zero-order valence-corrected chi connectivity index (χ0v) is 21.3. The molecule has 1 fully saturated rings. The number of hydrogen-bond acceptors (Lipinski definition) is 7. The highest BCUT2D eigenvalue weighted by molar-refractivity contribution is 7.91. The Labute approximate surface area is 215 Å². The lowest BCUT2D eigenvalue weighted by molar-refractivity contribution is -0.141. The molecule has 0 N–H and O–H groups in total. The first-order valence-electron chi connectivity index (χ1n) is 11.7. The van der Waals surface area contributed by atoms with Gasteiger partial charge in [0.15, 0.2) is 23.1 Å². The predicted molar refractivity (Wildman–Crippen MR) is 132 cm³/mol. The molecule has 0 aliphatic carbocycles. The fourth-order valence-electron chi connectivity index (χ4n) is 4.11. The number of alkyl halides is 3. The Balaban J connectivity index is 1.67. The van der Waals surface area contributed by atoms with Crippen LogP contribution < -0.4 is 15.0 Å². The number of nitrogens with zero attached hydrogens (tertiary/aromatic N) is 4. The fourth-order valence-corrected chi connectivity index (χ4v) is 5.22. The van der Waals surface area contributed by atoms with Gasteiger partial charge in [0.05, 0.1) is 26.5 Å². The van der Waals surface area contributed by atoms with Crippen molar-refractivity contribution in [1.29, 1.82) is 0 Å². The average Bonchev–Trinajstić information content (AvgIpc) is 2.89. The van der Waals surface area contributed by atoms with Crippen LogP contribution in [0.5, 0.6) is 11.5 Å². The molecule has 2 aromatic heterocycles. The summed E-state index contributed by atoms with van der Waals surface area (Å²) >= 11 is -1.85. The number of rotatable bonds is 8. The molecule has 3 heterocycles. The van der Waals surface area contributed by atoms with Crippen molar-refractivity contribution >= 4 is 11.2 Å². The van der Waals surface area contributed by atoms with E-state index in [-0.39, 0.29) is 34.4 Å². The number of methoxy groups -OCH3 is 2. The zero-order valence-electron chi connectivity index (χ0n) is 20.5. The molecule has 0 amide bonds. The molecule has 1 atom stereocenters. The fraction of sp³-hybridized carbons (Fsp3) is 0.400. The smallest absolute Gasteiger partial charge is 0.433 e. The molecule has 0 saturated carbocycles. The Morgan fingerprint density at radius 3 is 2.41 bits per heavy atom. The van der Waals surface area contributed by atoms with Gasteiger partial charge in [0.1, 0.15) is 0 Å². The first-order valence-corrected chi connectivity index (χ1v) is 13.0. The monoisotopic (exact) mass is 536 g/mol. The van der Waals surface area contributed by atoms with Gasteiger partial charge in [-0.25, -0.2) is 0 Å². The van der Waals surface area contributed by atoms with Crippen LogP contribution >= 0.6 is 0 Å². The Hall–Kier alpha value is -3.09. The van der Waals surface area contributed by atoms with E-state index in [1.165, 1.54) is 37.1 Å². The van der Waals surface area contributed by atoms with E-state index >= 15 is 0 Å². The molecular formula is C25H27F3N4O4S. The molecule has 12 heteroatoms. The van der Waals surface area contributed by atoms with Gasteiger partial charge in [-0.05, 0) is 42.7 Å². The van der Waals surface area contributed by atoms with E-state index < -0.39 is 23.0 Å². The summed E-state index contributed by atoms with van der Waals surface area (Å²) in [6.45, 7) is 1.61. The Kier molecular flexibility index (Phi) is 8.40. The molecule has 8 nitrogen and oxygen atoms in total. The van der Waals surface area contributed by atoms with Gasteiger partial charge in [0.2, 0.25) is 0 Å². The molecule has 3 aromatic rings. The standard InChI is InChI=1S/C25H27F3N4O4S/c1-35-20-8-6-17(12-21(20)36-2)14-32-15-18(7-9-23(32)33)19-13-22(25(26,27)28)30-24(29-19)37(34)16-31-10-4-3-5-11-31/h6-9,12-13,15H,3-5,10-11,14,16H2,1-2H3. The summed E-state index contributed by atoms with van der Waals surface area (Å²) in [6.07, 6.45) is -0.345. The second-order valence-electron chi connectivity index (χ2n) is 8.65. The molecule has 0 spiro atoms. The van der Waals surface area contributed by atoms with E-state index in [1.807, 2.05) is 4.90 Å². The highest BCUT2D eigenvalue weighted by Gasteiger charge is 2.36. The largest absolute Gasteiger partial charge is 0.608 e. The van der Waals surface area contributed by atoms with Crippen molar-refractivity contribution in [3.05, 3.63) is 64.2 Å². The van der Waals surface area contributed by atoms with Gasteiger partial charge < -0.3 is 18.6 Å². The lowest BCUT2D eigenvalue weighted by Gasteiger charge is -2.26. The third-order valence-corrected chi connectivity index (χ3v) is 7.22. The topological polar surface area (TPSA) is 92.5 Å². The maximum Gasteiger partial charge on any atom is 0.433 e. The van der Waals surface area contributed by atoms with Crippen molar-refractivity contribution in [2.24, 2.45) is 0 Å². The number of hydrogen-bond donors (Lipinski definition) is 0. The first kappa shape index (κ1) is 27.0. The number of pyridine rings is 1. The van der Waals surface area contributed by atoms with Crippen LogP contribution in [0.4, 0.5) is 13.2 Å². The van der Waals surface area contributed by atoms with E-state index in [1.54, 1.807) is 18.2 Å². The second kappa shape index (κ2) is 11.5. The van der Waals surface area contributed by atoms with Gasteiger partial charge in [0.25, 0.3) is 5.56 Å². The Bertz CT molecular complexity index is 1300. The van der Waals surface area contributed by atoms with Crippen LogP contribution in [0.3, 0.4) is 0 Å². The second-order valence-corrected chi connectivity index (χ2v) is 9.96. The van der Waals surface area contributed by atoms with Crippen molar-refractivity contribution in [2.75, 3.05) is 33.2 Å². The Morgan fingerprint density at radius 1 is 1.00 bits per heavy atom. The predicted octanol–water partition coefficient (Wildman–Crippen LogP) is 3.94. The zero-order chi connectivity index (χ0) is 26.6. The lowest BCUT2D eigenvalue weighted by Crippen LogP contribution is -2.35. The van der Waals surface area contributed by atoms with Crippen LogP contribution in [0.2, 0.25) is 0 Å². The van der Waals surface area contributed by atoms with Crippen molar-refractivity contribution in [3.8, 4) is 22.8 Å². The van der Waals surface area contributed by atoms with E-state index in [0.29, 0.717) is 11.5 Å². The molecule has 198 valence electrons. The van der Waals surface area contributed by atoms with Crippen LogP contribution in [0.15, 0.2) is 52.5 Å². The van der Waals surface area contributed by atoms with Gasteiger partial charge in [-0.1, -0.05) is 12.5 Å². The molecule has 1 aliphatic heterocycles. The van der Waals surface area contributed by atoms with Crippen LogP contribution in [0.25, 0.3) is 11.3 Å². The van der Waals surface area contributed by atoms with Crippen molar-refractivity contribution in [2.45, 2.75) is 37.1 Å². The summed E-state index contributed by atoms with van der Waals surface area (Å²) in [7, 11) is 3.00. The van der Waals surface area contributed by atoms with Gasteiger partial charge in [0, 0.05) is 42.1 Å². The molecule has 4 rings (SSSR count). The molecule has 1 aliphatic rings. The minimum Gasteiger partial charge on any atom is -0.608 e. The number of halogens is 3. The van der Waals surface area contributed by atoms with Gasteiger partial charge in [-0.15, -0.1) is 0 Å². The van der Waals surface area contributed by atoms with Crippen molar-refractivity contribution in [1.82, 2.24) is 19.4 Å². The lowest BCUT2D eigenvalue weighted by atomic mass is 10.1. The summed E-state index contributed by atoms with van der Waals surface area (Å²) < 4.78 is 65.9. The molecule has 1 saturated heterocycles. The maximum atomic E-state index is 13.7. The molecular weight excluding hydrogens is 509 g/mol. The molecule has 0 bridgehead atoms. The number of aromatic nitrogens is 3. The summed E-state index contributed by atoms with van der Waals surface area (Å²) in [5.41, 5.74) is -0.608. The Morgan fingerprint density at radius 2 is 1.73 bits per heavy atom. The van der Waals surface area contributed by atoms with Crippen LogP contribution in [-0.2, 0) is 23.9 Å². The highest BCUT2D eigenvalue weighted by Crippen LogP contribution is 2.32. The van der Waals surface area contributed by atoms with Crippen molar-refractivity contribution in [3.63, 3.8) is 0 Å². The van der Waals surface area contributed by atoms with Crippen molar-refractivity contribution < 1.29 is 27.2 Å². The van der Waals surface area contributed by atoms with Crippen LogP contribution in [0.1, 0.15) is 30.5 Å². The minimum atomic E-state index is -4.75. The van der Waals surface area contributed by atoms with E-state index in [0.717, 1.165) is 44.0 Å². The quantitative estimate of drug-likeness (QED) is 0.318. The summed E-state index contributed by atoms with van der Waals surface area (Å²) in [5, 5.41) is -0.381. The van der Waals surface area contributed by atoms with Gasteiger partial charge in [-0.3, -0.25) is 9.69 Å². The molecule has 37 heavy (non-hydrogen) atoms. The number of benzene rings is 1. The third-order valence-electron chi connectivity index (χ3n) is 6.03. The van der Waals surface area contributed by atoms with Gasteiger partial charge >= 0.3 is 11.3 Å². The maximum absolute atomic E-state index is 13.7. The van der Waals surface area contributed by atoms with E-state index in [4.69, 9.17) is 9.47 Å². The number of likely N-dealkylation sites (tertiary alicyclic amines) is 1. The minimum absolute atomic E-state index is 0.0645. The molecule has 1 unspecified atom stereocenters. The van der Waals surface area contributed by atoms with Crippen LogP contribution in [0, 0.1) is 0 Å². The van der Waals surface area contributed by atoms with E-state index in [2.05, 4.69) is 9.97 Å². The van der Waals surface area contributed by atoms with E-state index in [9.17, 15) is 22.5 Å². The highest BCUT2D eigenvalue weighted by atomic mass is 32.2. The third kappa shape index (κ3) is 6.62. The first-order chi connectivity index (χ1) is 17.7. The normalized spacial score (nSPS) is 15.4. The average molecular weight is 537 g/mol. The number of piperidine rings is 1. The SMILES string of the molecule is COc1ccc(Cn2cc(-c3cc(C(F)(F)F)nc([S+]([O-])CN4CCCCC4)n3)ccc2=O)cc1OC. The summed E-state index contributed by atoms with van der Waals surface area (Å²) in [4.78, 5) is 22.3.